The lowest BCUT2D eigenvalue weighted by atomic mass is 9.80. The first kappa shape index (κ1) is 32.8. The minimum atomic E-state index is -4.38. The number of aromatic nitrogens is 1. The van der Waals surface area contributed by atoms with E-state index in [9.17, 15) is 23.1 Å². The smallest absolute Gasteiger partial charge is 0.416 e. The zero-order chi connectivity index (χ0) is 31.3. The van der Waals surface area contributed by atoms with Crippen LogP contribution in [0.1, 0.15) is 77.6 Å². The SMILES string of the molecule is CCCCC(C)(C)c1ccc(CC(N)(c2cccc(N(CC(=O)O)C(=O)OC(C)(C)C)n2)S(=O)(=O)c2ccco2)cc1. The van der Waals surface area contributed by atoms with Gasteiger partial charge >= 0.3 is 12.1 Å². The Bertz CT molecular complexity index is 1480. The summed E-state index contributed by atoms with van der Waals surface area (Å²) in [6.07, 6.45) is 3.30. The summed E-state index contributed by atoms with van der Waals surface area (Å²) in [6.45, 7) is 10.7. The van der Waals surface area contributed by atoms with Crippen molar-refractivity contribution in [3.05, 3.63) is 77.7 Å². The summed E-state index contributed by atoms with van der Waals surface area (Å²) in [6, 6.07) is 14.7. The van der Waals surface area contributed by atoms with Crippen LogP contribution in [-0.4, -0.2) is 42.7 Å². The van der Waals surface area contributed by atoms with Crippen molar-refractivity contribution >= 4 is 27.7 Å². The monoisotopic (exact) mass is 599 g/mol. The predicted molar refractivity (Wildman–Crippen MR) is 160 cm³/mol. The number of anilines is 1. The van der Waals surface area contributed by atoms with E-state index in [4.69, 9.17) is 14.9 Å². The van der Waals surface area contributed by atoms with Gasteiger partial charge in [0.15, 0.2) is 4.87 Å². The molecule has 0 spiro atoms. The van der Waals surface area contributed by atoms with Gasteiger partial charge in [0.25, 0.3) is 0 Å². The number of carboxylic acid groups (broad SMARTS) is 1. The molecule has 3 N–H and O–H groups in total. The number of carbonyl (C=O) groups is 2. The van der Waals surface area contributed by atoms with E-state index >= 15 is 0 Å². The molecule has 3 aromatic rings. The van der Waals surface area contributed by atoms with Gasteiger partial charge in [-0.2, -0.15) is 0 Å². The third-order valence-corrected chi connectivity index (χ3v) is 9.02. The number of benzene rings is 1. The van der Waals surface area contributed by atoms with E-state index in [1.54, 1.807) is 20.8 Å². The molecule has 0 aliphatic rings. The van der Waals surface area contributed by atoms with E-state index in [1.165, 1.54) is 36.6 Å². The number of carboxylic acids is 1. The molecule has 0 bridgehead atoms. The first-order chi connectivity index (χ1) is 19.5. The van der Waals surface area contributed by atoms with E-state index in [0.717, 1.165) is 29.7 Å². The molecule has 3 rings (SSSR count). The molecular formula is C31H41N3O7S. The number of hydrogen-bond donors (Lipinski definition) is 2. The molecule has 0 fully saturated rings. The number of pyridine rings is 1. The van der Waals surface area contributed by atoms with Crippen molar-refractivity contribution in [3.8, 4) is 0 Å². The topological polar surface area (TPSA) is 153 Å². The minimum absolute atomic E-state index is 0.0558. The van der Waals surface area contributed by atoms with Crippen LogP contribution in [0.15, 0.2) is 70.4 Å². The number of nitrogens with zero attached hydrogens (tertiary/aromatic N) is 2. The van der Waals surface area contributed by atoms with Crippen LogP contribution in [0.3, 0.4) is 0 Å². The van der Waals surface area contributed by atoms with Crippen LogP contribution in [-0.2, 0) is 36.1 Å². The molecule has 0 saturated carbocycles. The third-order valence-electron chi connectivity index (χ3n) is 6.95. The maximum Gasteiger partial charge on any atom is 0.416 e. The van der Waals surface area contributed by atoms with Gasteiger partial charge in [-0.25, -0.2) is 18.2 Å². The van der Waals surface area contributed by atoms with Crippen LogP contribution in [0, 0.1) is 0 Å². The lowest BCUT2D eigenvalue weighted by Crippen LogP contribution is -2.48. The Kier molecular flexibility index (Phi) is 9.89. The van der Waals surface area contributed by atoms with E-state index in [2.05, 4.69) is 25.8 Å². The second-order valence-corrected chi connectivity index (χ2v) is 14.2. The van der Waals surface area contributed by atoms with Crippen molar-refractivity contribution in [1.82, 2.24) is 4.98 Å². The zero-order valence-corrected chi connectivity index (χ0v) is 25.9. The maximum atomic E-state index is 14.0. The Morgan fingerprint density at radius 3 is 2.24 bits per heavy atom. The summed E-state index contributed by atoms with van der Waals surface area (Å²) >= 11 is 0. The molecule has 1 aromatic carbocycles. The highest BCUT2D eigenvalue weighted by Gasteiger charge is 2.46. The summed E-state index contributed by atoms with van der Waals surface area (Å²) in [5.41, 5.74) is 7.50. The number of nitrogens with two attached hydrogens (primary N) is 1. The normalized spacial score (nSPS) is 13.8. The van der Waals surface area contributed by atoms with Crippen LogP contribution in [0.25, 0.3) is 0 Å². The second-order valence-electron chi connectivity index (χ2n) is 12.0. The number of aliphatic carboxylic acids is 1. The third kappa shape index (κ3) is 7.57. The standard InChI is InChI=1S/C31H41N3O7S/c1-7-8-18-30(5,6)23-16-14-22(15-17-23)20-31(32,42(38,39)27-13-10-19-40-27)24-11-9-12-25(33-24)34(21-26(35)36)28(37)41-29(2,3)4/h9-17,19H,7-8,18,20-21,32H2,1-6H3,(H,35,36). The van der Waals surface area contributed by atoms with Crippen molar-refractivity contribution in [3.63, 3.8) is 0 Å². The Labute approximate surface area is 247 Å². The van der Waals surface area contributed by atoms with Crippen LogP contribution < -0.4 is 10.6 Å². The van der Waals surface area contributed by atoms with Gasteiger partial charge in [0.2, 0.25) is 14.9 Å². The van der Waals surface area contributed by atoms with Crippen molar-refractivity contribution in [2.75, 3.05) is 11.4 Å². The molecule has 1 amide bonds. The Hall–Kier alpha value is -3.70. The van der Waals surface area contributed by atoms with Crippen molar-refractivity contribution in [2.45, 2.75) is 88.2 Å². The lowest BCUT2D eigenvalue weighted by Gasteiger charge is -2.30. The lowest BCUT2D eigenvalue weighted by molar-refractivity contribution is -0.135. The molecule has 1 unspecified atom stereocenters. The largest absolute Gasteiger partial charge is 0.480 e. The summed E-state index contributed by atoms with van der Waals surface area (Å²) in [5.74, 6) is -1.43. The van der Waals surface area contributed by atoms with Gasteiger partial charge in [0.1, 0.15) is 18.0 Å². The van der Waals surface area contributed by atoms with Crippen LogP contribution in [0.4, 0.5) is 10.6 Å². The summed E-state index contributed by atoms with van der Waals surface area (Å²) in [7, 11) is -4.38. The van der Waals surface area contributed by atoms with Gasteiger partial charge in [-0.1, -0.05) is 63.9 Å². The van der Waals surface area contributed by atoms with E-state index < -0.39 is 38.9 Å². The number of amides is 1. The molecule has 2 aromatic heterocycles. The summed E-state index contributed by atoms with van der Waals surface area (Å²) in [4.78, 5) is 27.7. The highest BCUT2D eigenvalue weighted by Crippen LogP contribution is 2.36. The Morgan fingerprint density at radius 2 is 1.69 bits per heavy atom. The van der Waals surface area contributed by atoms with Gasteiger partial charge in [0.05, 0.1) is 12.0 Å². The average Bonchev–Trinajstić information content (AvgIpc) is 3.46. The maximum absolute atomic E-state index is 14.0. The summed E-state index contributed by atoms with van der Waals surface area (Å²) in [5, 5.41) is 9.14. The molecule has 228 valence electrons. The van der Waals surface area contributed by atoms with Gasteiger partial charge in [-0.3, -0.25) is 9.69 Å². The highest BCUT2D eigenvalue weighted by atomic mass is 32.2. The number of carbonyl (C=O) groups excluding carboxylic acids is 1. The average molecular weight is 600 g/mol. The van der Waals surface area contributed by atoms with Gasteiger partial charge in [-0.15, -0.1) is 0 Å². The molecule has 0 aliphatic carbocycles. The van der Waals surface area contributed by atoms with E-state index in [-0.39, 0.29) is 28.4 Å². The van der Waals surface area contributed by atoms with Crippen LogP contribution in [0.2, 0.25) is 0 Å². The quantitative estimate of drug-likeness (QED) is 0.263. The molecule has 11 heteroatoms. The minimum Gasteiger partial charge on any atom is -0.480 e. The second kappa shape index (κ2) is 12.7. The van der Waals surface area contributed by atoms with Crippen molar-refractivity contribution in [2.24, 2.45) is 5.73 Å². The van der Waals surface area contributed by atoms with Gasteiger partial charge < -0.3 is 20.0 Å². The number of furan rings is 1. The molecule has 2 heterocycles. The fourth-order valence-corrected chi connectivity index (χ4v) is 6.10. The highest BCUT2D eigenvalue weighted by molar-refractivity contribution is 7.92. The van der Waals surface area contributed by atoms with E-state index in [1.807, 2.05) is 24.3 Å². The van der Waals surface area contributed by atoms with Crippen LogP contribution >= 0.6 is 0 Å². The fourth-order valence-electron chi connectivity index (χ4n) is 4.56. The molecule has 1 atom stereocenters. The first-order valence-electron chi connectivity index (χ1n) is 13.9. The number of ether oxygens (including phenoxy) is 1. The number of sulfone groups is 1. The molecule has 0 saturated heterocycles. The predicted octanol–water partition coefficient (Wildman–Crippen LogP) is 5.80. The zero-order valence-electron chi connectivity index (χ0n) is 25.1. The molecule has 0 aliphatic heterocycles. The van der Waals surface area contributed by atoms with E-state index in [0.29, 0.717) is 5.56 Å². The van der Waals surface area contributed by atoms with Crippen LogP contribution in [0.5, 0.6) is 0 Å². The van der Waals surface area contributed by atoms with Crippen molar-refractivity contribution < 1.29 is 32.3 Å². The first-order valence-corrected chi connectivity index (χ1v) is 15.3. The van der Waals surface area contributed by atoms with Crippen molar-refractivity contribution in [1.29, 1.82) is 0 Å². The van der Waals surface area contributed by atoms with Gasteiger partial charge in [-0.05, 0) is 68.0 Å². The molecule has 10 nitrogen and oxygen atoms in total. The molecular weight excluding hydrogens is 558 g/mol. The Balaban J connectivity index is 2.10. The number of hydrogen-bond acceptors (Lipinski definition) is 8. The summed E-state index contributed by atoms with van der Waals surface area (Å²) < 4.78 is 38.6. The fraction of sp³-hybridized carbons (Fsp3) is 0.452. The number of rotatable bonds is 12. The molecule has 42 heavy (non-hydrogen) atoms. The number of unbranched alkanes of at least 4 members (excludes halogenated alkanes) is 1. The van der Waals surface area contributed by atoms with Gasteiger partial charge in [0, 0.05) is 6.42 Å². The Morgan fingerprint density at radius 1 is 1.02 bits per heavy atom. The molecule has 0 radical (unpaired) electrons.